The minimum Gasteiger partial charge on any atom is -0.349 e. The summed E-state index contributed by atoms with van der Waals surface area (Å²) in [6, 6.07) is 10.1. The number of hydrogen-bond acceptors (Lipinski definition) is 6. The molecule has 32 heavy (non-hydrogen) atoms. The van der Waals surface area contributed by atoms with Crippen molar-refractivity contribution in [1.82, 2.24) is 10.3 Å². The number of aromatic nitrogens is 1. The van der Waals surface area contributed by atoms with Gasteiger partial charge in [0.25, 0.3) is 11.6 Å². The summed E-state index contributed by atoms with van der Waals surface area (Å²) in [4.78, 5) is 41.4. The highest BCUT2D eigenvalue weighted by Gasteiger charge is 2.22. The highest BCUT2D eigenvalue weighted by Crippen LogP contribution is 2.34. The molecular formula is C24H27N4O3S+. The quantitative estimate of drug-likeness (QED) is 0.503. The number of unbranched alkanes of at least 4 members (excludes halogenated alkanes) is 1. The van der Waals surface area contributed by atoms with E-state index in [0.29, 0.717) is 41.1 Å². The average molecular weight is 452 g/mol. The second-order valence-electron chi connectivity index (χ2n) is 7.41. The molecule has 1 aliphatic rings. The third-order valence-corrected chi connectivity index (χ3v) is 5.99. The Morgan fingerprint density at radius 1 is 1.19 bits per heavy atom. The lowest BCUT2D eigenvalue weighted by atomic mass is 10.0. The van der Waals surface area contributed by atoms with E-state index in [2.05, 4.69) is 15.6 Å². The number of allylic oxidation sites excluding steroid dienone is 2. The van der Waals surface area contributed by atoms with Crippen LogP contribution in [0.4, 0.5) is 11.4 Å². The van der Waals surface area contributed by atoms with E-state index < -0.39 is 0 Å². The van der Waals surface area contributed by atoms with Crippen LogP contribution >= 0.6 is 11.8 Å². The molecule has 0 saturated heterocycles. The maximum atomic E-state index is 12.9. The molecule has 7 nitrogen and oxygen atoms in total. The number of Topliss-reactive ketones (excluding diaryl/α,β-unsaturated/α-hetero) is 1. The molecule has 1 amide bonds. The minimum atomic E-state index is -0.323. The van der Waals surface area contributed by atoms with E-state index in [4.69, 9.17) is 0 Å². The molecule has 0 spiro atoms. The molecule has 2 N–H and O–H groups in total. The van der Waals surface area contributed by atoms with E-state index >= 15 is 0 Å². The van der Waals surface area contributed by atoms with Crippen LogP contribution in [0.25, 0.3) is 0 Å². The second kappa shape index (κ2) is 11.4. The molecule has 0 atom stereocenters. The van der Waals surface area contributed by atoms with Crippen LogP contribution in [0, 0.1) is 4.91 Å². The monoisotopic (exact) mass is 451 g/mol. The molecule has 1 aromatic heterocycles. The summed E-state index contributed by atoms with van der Waals surface area (Å²) in [7, 11) is 1.40. The number of nitroso groups, excluding NO2 is 1. The fraction of sp³-hybridized carbons (Fsp3) is 0.292. The van der Waals surface area contributed by atoms with Crippen LogP contribution in [0.2, 0.25) is 0 Å². The number of anilines is 1. The van der Waals surface area contributed by atoms with Crippen molar-refractivity contribution in [1.29, 1.82) is 0 Å². The predicted octanol–water partition coefficient (Wildman–Crippen LogP) is 5.30. The third kappa shape index (κ3) is 6.37. The van der Waals surface area contributed by atoms with Gasteiger partial charge in [-0.3, -0.25) is 14.6 Å². The number of nitrogens with one attached hydrogen (secondary N) is 2. The zero-order chi connectivity index (χ0) is 22.9. The molecule has 166 valence electrons. The molecular weight excluding hydrogens is 424 g/mol. The summed E-state index contributed by atoms with van der Waals surface area (Å²) < 4.78 is 0.733. The van der Waals surface area contributed by atoms with Crippen LogP contribution in [0.5, 0.6) is 0 Å². The van der Waals surface area contributed by atoms with Crippen LogP contribution in [0.3, 0.4) is 0 Å². The topological polar surface area (TPSA) is 91.2 Å². The van der Waals surface area contributed by atoms with Crippen molar-refractivity contribution in [2.24, 2.45) is 0 Å². The maximum Gasteiger partial charge on any atom is 0.256 e. The van der Waals surface area contributed by atoms with Gasteiger partial charge in [0.2, 0.25) is 0 Å². The van der Waals surface area contributed by atoms with Gasteiger partial charge in [-0.05, 0) is 43.5 Å². The first-order valence-electron chi connectivity index (χ1n) is 10.6. The van der Waals surface area contributed by atoms with E-state index in [-0.39, 0.29) is 11.7 Å². The smallest absolute Gasteiger partial charge is 0.256 e. The molecule has 0 saturated carbocycles. The number of benzene rings is 1. The van der Waals surface area contributed by atoms with Crippen molar-refractivity contribution in [3.63, 3.8) is 0 Å². The summed E-state index contributed by atoms with van der Waals surface area (Å²) in [6.45, 7) is 2.05. The number of carbonyl (C=O) groups is 2. The van der Waals surface area contributed by atoms with Crippen LogP contribution in [0.1, 0.15) is 49.4 Å². The Labute approximate surface area is 192 Å². The van der Waals surface area contributed by atoms with Gasteiger partial charge in [-0.1, -0.05) is 31.2 Å². The Morgan fingerprint density at radius 3 is 2.62 bits per heavy atom. The van der Waals surface area contributed by atoms with Crippen molar-refractivity contribution in [2.75, 3.05) is 12.4 Å². The first-order chi connectivity index (χ1) is 15.5. The Bertz CT molecular complexity index is 1050. The summed E-state index contributed by atoms with van der Waals surface area (Å²) in [6.07, 6.45) is 8.90. The first-order valence-corrected chi connectivity index (χ1v) is 11.4. The average Bonchev–Trinajstić information content (AvgIpc) is 3.00. The first kappa shape index (κ1) is 23.4. The van der Waals surface area contributed by atoms with Crippen molar-refractivity contribution in [3.8, 4) is 0 Å². The maximum absolute atomic E-state index is 12.9. The number of thioether (sulfide) groups is 1. The van der Waals surface area contributed by atoms with E-state index in [1.54, 1.807) is 36.7 Å². The Morgan fingerprint density at radius 2 is 1.97 bits per heavy atom. The van der Waals surface area contributed by atoms with Crippen molar-refractivity contribution < 1.29 is 14.3 Å². The molecule has 0 aliphatic carbocycles. The van der Waals surface area contributed by atoms with E-state index in [0.717, 1.165) is 28.3 Å². The van der Waals surface area contributed by atoms with Gasteiger partial charge in [-0.15, -0.1) is 0 Å². The van der Waals surface area contributed by atoms with Crippen LogP contribution in [-0.2, 0) is 4.79 Å². The number of nitrogens with zero attached hydrogens (tertiary/aromatic N) is 2. The largest absolute Gasteiger partial charge is 0.349 e. The van der Waals surface area contributed by atoms with E-state index in [9.17, 15) is 14.5 Å². The molecule has 3 rings (SSSR count). The van der Waals surface area contributed by atoms with Gasteiger partial charge in [0, 0.05) is 45.6 Å². The normalized spacial score (nSPS) is 13.8. The summed E-state index contributed by atoms with van der Waals surface area (Å²) in [5.74, 6) is -0.259. The lowest BCUT2D eigenvalue weighted by Crippen LogP contribution is -2.24. The molecule has 2 heterocycles. The summed E-state index contributed by atoms with van der Waals surface area (Å²) in [5.41, 5.74) is 2.35. The molecule has 1 aliphatic heterocycles. The van der Waals surface area contributed by atoms with Crippen molar-refractivity contribution >= 4 is 34.8 Å². The van der Waals surface area contributed by atoms with Gasteiger partial charge in [0.1, 0.15) is 0 Å². The van der Waals surface area contributed by atoms with Gasteiger partial charge in [-0.2, -0.15) is 0 Å². The molecule has 0 unspecified atom stereocenters. The summed E-state index contributed by atoms with van der Waals surface area (Å²) >= 11 is 1.34. The second-order valence-corrected chi connectivity index (χ2v) is 8.46. The van der Waals surface area contributed by atoms with Gasteiger partial charge >= 0.3 is 0 Å². The highest BCUT2D eigenvalue weighted by atomic mass is 32.2. The fourth-order valence-electron chi connectivity index (χ4n) is 3.18. The van der Waals surface area contributed by atoms with Crippen LogP contribution < -0.4 is 10.6 Å². The highest BCUT2D eigenvalue weighted by molar-refractivity contribution is 8.06. The zero-order valence-electron chi connectivity index (χ0n) is 18.3. The Balaban J connectivity index is 1.84. The van der Waals surface area contributed by atoms with Gasteiger partial charge < -0.3 is 10.6 Å². The molecule has 0 fully saturated rings. The Hall–Kier alpha value is -3.26. The number of hydrogen-bond donors (Lipinski definition) is 2. The molecule has 1 aromatic carbocycles. The van der Waals surface area contributed by atoms with Crippen LogP contribution in [-0.4, -0.2) is 28.5 Å². The fourth-order valence-corrected chi connectivity index (χ4v) is 4.26. The summed E-state index contributed by atoms with van der Waals surface area (Å²) in [5, 5.41) is 7.62. The molecule has 0 radical (unpaired) electrons. The third-order valence-electron chi connectivity index (χ3n) is 4.95. The van der Waals surface area contributed by atoms with Gasteiger partial charge in [0.05, 0.1) is 21.9 Å². The van der Waals surface area contributed by atoms with Crippen molar-refractivity contribution in [2.45, 2.75) is 39.0 Å². The zero-order valence-corrected chi connectivity index (χ0v) is 19.1. The lowest BCUT2D eigenvalue weighted by molar-refractivity contribution is -0.428. The number of amides is 1. The van der Waals surface area contributed by atoms with E-state index in [1.165, 1.54) is 18.8 Å². The number of ketones is 1. The van der Waals surface area contributed by atoms with Gasteiger partial charge in [-0.25, -0.2) is 0 Å². The number of rotatable bonds is 9. The lowest BCUT2D eigenvalue weighted by Gasteiger charge is -2.15. The minimum absolute atomic E-state index is 0.0639. The van der Waals surface area contributed by atoms with Crippen molar-refractivity contribution in [3.05, 3.63) is 81.0 Å². The Kier molecular flexibility index (Phi) is 8.33. The number of carbonyl (C=O) groups excluding carboxylic acids is 2. The number of pyridine rings is 1. The van der Waals surface area contributed by atoms with E-state index in [1.807, 2.05) is 25.1 Å². The molecule has 2 aromatic rings. The molecule has 0 bridgehead atoms. The molecule has 8 heteroatoms. The predicted molar refractivity (Wildman–Crippen MR) is 127 cm³/mol. The SMILES string of the molecule is CCCCC(=O)C1=C(NC(=O)c2ccc([N+](C)=O)cc2)SC(Nc2cccnc2)=CCC1. The van der Waals surface area contributed by atoms with Crippen LogP contribution in [0.15, 0.2) is 70.5 Å². The standard InChI is InChI=1S/C24H26N4O3S/c1-3-4-9-21(29)20-8-5-10-22(26-18-7-6-15-25-16-18)32-24(20)27-23(30)17-11-13-19(14-12-17)28(2)31/h6-7,10-16,26H,3-5,8-9H2,1-2H3/p+1. The van der Waals surface area contributed by atoms with Gasteiger partial charge in [0.15, 0.2) is 12.8 Å².